The van der Waals surface area contributed by atoms with Gasteiger partial charge < -0.3 is 14.7 Å². The second-order valence-corrected chi connectivity index (χ2v) is 23.0. The smallest absolute Gasteiger partial charge is 0.0110 e. The first-order chi connectivity index (χ1) is 34.2. The van der Waals surface area contributed by atoms with Gasteiger partial charge in [-0.3, -0.25) is 9.80 Å². The fraction of sp³-hybridized carbons (Fsp3) is 1.00. The molecule has 1 aliphatic heterocycles. The van der Waals surface area contributed by atoms with Crippen molar-refractivity contribution in [2.24, 2.45) is 0 Å². The molecular formula is C64H133N5. The number of hydrogen-bond donors (Lipinski definition) is 0. The van der Waals surface area contributed by atoms with Crippen molar-refractivity contribution in [1.29, 1.82) is 0 Å². The molecule has 0 aromatic carbocycles. The highest BCUT2D eigenvalue weighted by atomic mass is 15.3. The van der Waals surface area contributed by atoms with Gasteiger partial charge in [-0.1, -0.05) is 285 Å². The maximum absolute atomic E-state index is 2.92. The van der Waals surface area contributed by atoms with Crippen LogP contribution in [-0.2, 0) is 0 Å². The van der Waals surface area contributed by atoms with Crippen LogP contribution in [0.4, 0.5) is 0 Å². The monoisotopic (exact) mass is 972 g/mol. The number of unbranched alkanes of at least 4 members (excludes halogenated alkanes) is 39. The van der Waals surface area contributed by atoms with Crippen LogP contribution < -0.4 is 0 Å². The van der Waals surface area contributed by atoms with Crippen LogP contribution in [0.25, 0.3) is 0 Å². The van der Waals surface area contributed by atoms with E-state index in [1.54, 1.807) is 0 Å². The predicted octanol–water partition coefficient (Wildman–Crippen LogP) is 18.8. The Labute approximate surface area is 438 Å². The standard InChI is InChI=1S/C64H133N5/c1-6-11-16-21-26-31-33-38-42-47-50-65(51-48-43-39-34-32-27-22-17-12-7-2)55-57-67(54-49-44-37-30-25-20-15-10-5)58-60-69-63-61-68(62-64-69)59-56-66(52-45-40-35-28-23-18-13-8-3)53-46-41-36-29-24-19-14-9-4/h6-64H2,1-5H3. The maximum atomic E-state index is 2.92. The van der Waals surface area contributed by atoms with E-state index in [9.17, 15) is 0 Å². The molecule has 69 heavy (non-hydrogen) atoms. The van der Waals surface area contributed by atoms with E-state index in [2.05, 4.69) is 59.1 Å². The number of hydrogen-bond acceptors (Lipinski definition) is 5. The van der Waals surface area contributed by atoms with E-state index in [4.69, 9.17) is 0 Å². The molecule has 414 valence electrons. The normalized spacial score (nSPS) is 13.9. The second-order valence-electron chi connectivity index (χ2n) is 23.0. The Morgan fingerprint density at radius 3 is 0.551 bits per heavy atom. The summed E-state index contributed by atoms with van der Waals surface area (Å²) in [6, 6.07) is 0. The largest absolute Gasteiger partial charge is 0.302 e. The molecule has 1 aliphatic rings. The molecule has 0 saturated carbocycles. The quantitative estimate of drug-likeness (QED) is 0.0563. The molecule has 1 fully saturated rings. The zero-order valence-corrected chi connectivity index (χ0v) is 49.0. The first kappa shape index (κ1) is 66.8. The lowest BCUT2D eigenvalue weighted by atomic mass is 10.1. The minimum absolute atomic E-state index is 1.27. The summed E-state index contributed by atoms with van der Waals surface area (Å²) in [6.45, 7) is 31.1. The molecule has 0 bridgehead atoms. The lowest BCUT2D eigenvalue weighted by molar-refractivity contribution is 0.104. The molecular weight excluding hydrogens is 839 g/mol. The second kappa shape index (κ2) is 55.5. The van der Waals surface area contributed by atoms with E-state index in [1.807, 2.05) is 0 Å². The lowest BCUT2D eigenvalue weighted by Gasteiger charge is -2.37. The molecule has 5 heteroatoms. The van der Waals surface area contributed by atoms with Crippen molar-refractivity contribution in [1.82, 2.24) is 24.5 Å². The summed E-state index contributed by atoms with van der Waals surface area (Å²) in [7, 11) is 0. The molecule has 0 aromatic heterocycles. The molecule has 0 aromatic rings. The fourth-order valence-electron chi connectivity index (χ4n) is 11.1. The molecule has 0 atom stereocenters. The van der Waals surface area contributed by atoms with E-state index in [0.717, 1.165) is 0 Å². The summed E-state index contributed by atoms with van der Waals surface area (Å²) >= 11 is 0. The summed E-state index contributed by atoms with van der Waals surface area (Å²) in [6.07, 6.45) is 63.1. The Kier molecular flexibility index (Phi) is 53.8. The van der Waals surface area contributed by atoms with Crippen molar-refractivity contribution in [2.45, 2.75) is 317 Å². The topological polar surface area (TPSA) is 16.2 Å². The molecule has 1 heterocycles. The Balaban J connectivity index is 2.69. The zero-order valence-electron chi connectivity index (χ0n) is 49.0. The minimum atomic E-state index is 1.27. The van der Waals surface area contributed by atoms with Gasteiger partial charge in [0, 0.05) is 65.4 Å². The maximum Gasteiger partial charge on any atom is 0.0110 e. The van der Waals surface area contributed by atoms with Crippen molar-refractivity contribution in [3.05, 3.63) is 0 Å². The van der Waals surface area contributed by atoms with Gasteiger partial charge in [0.1, 0.15) is 0 Å². The van der Waals surface area contributed by atoms with Crippen molar-refractivity contribution < 1.29 is 0 Å². The lowest BCUT2D eigenvalue weighted by Crippen LogP contribution is -2.50. The van der Waals surface area contributed by atoms with Crippen LogP contribution in [0.1, 0.15) is 317 Å². The molecule has 5 nitrogen and oxygen atoms in total. The summed E-state index contributed by atoms with van der Waals surface area (Å²) in [5, 5.41) is 0. The summed E-state index contributed by atoms with van der Waals surface area (Å²) in [4.78, 5) is 14.4. The van der Waals surface area contributed by atoms with E-state index >= 15 is 0 Å². The van der Waals surface area contributed by atoms with Crippen molar-refractivity contribution in [3.63, 3.8) is 0 Å². The van der Waals surface area contributed by atoms with Crippen LogP contribution in [0.5, 0.6) is 0 Å². The molecule has 0 aliphatic carbocycles. The van der Waals surface area contributed by atoms with Gasteiger partial charge in [-0.15, -0.1) is 0 Å². The Bertz CT molecular complexity index is 893. The number of rotatable bonds is 58. The van der Waals surface area contributed by atoms with Gasteiger partial charge in [-0.2, -0.15) is 0 Å². The van der Waals surface area contributed by atoms with Gasteiger partial charge in [0.2, 0.25) is 0 Å². The van der Waals surface area contributed by atoms with E-state index in [0.29, 0.717) is 0 Å². The third-order valence-electron chi connectivity index (χ3n) is 16.3. The molecule has 1 rings (SSSR count). The van der Waals surface area contributed by atoms with Gasteiger partial charge >= 0.3 is 0 Å². The molecule has 0 N–H and O–H groups in total. The third-order valence-corrected chi connectivity index (χ3v) is 16.3. The van der Waals surface area contributed by atoms with Crippen LogP contribution in [-0.4, -0.2) is 123 Å². The Morgan fingerprint density at radius 1 is 0.188 bits per heavy atom. The molecule has 0 spiro atoms. The number of piperazine rings is 1. The van der Waals surface area contributed by atoms with Gasteiger partial charge in [0.25, 0.3) is 0 Å². The minimum Gasteiger partial charge on any atom is -0.302 e. The zero-order chi connectivity index (χ0) is 49.6. The van der Waals surface area contributed by atoms with Crippen LogP contribution in [0.3, 0.4) is 0 Å². The average molecular weight is 973 g/mol. The van der Waals surface area contributed by atoms with Crippen molar-refractivity contribution >= 4 is 0 Å². The average Bonchev–Trinajstić information content (AvgIpc) is 3.36. The van der Waals surface area contributed by atoms with Crippen LogP contribution in [0.15, 0.2) is 0 Å². The summed E-state index contributed by atoms with van der Waals surface area (Å²) in [5.74, 6) is 0. The first-order valence-electron chi connectivity index (χ1n) is 32.8. The van der Waals surface area contributed by atoms with E-state index in [1.165, 1.54) is 381 Å². The van der Waals surface area contributed by atoms with Crippen LogP contribution in [0, 0.1) is 0 Å². The van der Waals surface area contributed by atoms with Gasteiger partial charge in [-0.05, 0) is 64.8 Å². The highest BCUT2D eigenvalue weighted by Crippen LogP contribution is 2.16. The van der Waals surface area contributed by atoms with Crippen LogP contribution in [0.2, 0.25) is 0 Å². The molecule has 0 unspecified atom stereocenters. The third kappa shape index (κ3) is 47.3. The summed E-state index contributed by atoms with van der Waals surface area (Å²) in [5.41, 5.74) is 0. The Hall–Kier alpha value is -0.200. The van der Waals surface area contributed by atoms with Crippen LogP contribution >= 0.6 is 0 Å². The Morgan fingerprint density at radius 2 is 0.348 bits per heavy atom. The highest BCUT2D eigenvalue weighted by Gasteiger charge is 2.19. The van der Waals surface area contributed by atoms with Crippen molar-refractivity contribution in [2.75, 3.05) is 98.2 Å². The molecule has 1 saturated heterocycles. The predicted molar refractivity (Wildman–Crippen MR) is 314 cm³/mol. The van der Waals surface area contributed by atoms with E-state index in [-0.39, 0.29) is 0 Å². The van der Waals surface area contributed by atoms with E-state index < -0.39 is 0 Å². The fourth-order valence-corrected chi connectivity index (χ4v) is 11.1. The van der Waals surface area contributed by atoms with Gasteiger partial charge in [0.05, 0.1) is 0 Å². The summed E-state index contributed by atoms with van der Waals surface area (Å²) < 4.78 is 0. The van der Waals surface area contributed by atoms with Gasteiger partial charge in [-0.25, -0.2) is 0 Å². The molecule has 0 radical (unpaired) electrons. The highest BCUT2D eigenvalue weighted by molar-refractivity contribution is 4.76. The van der Waals surface area contributed by atoms with Gasteiger partial charge in [0.15, 0.2) is 0 Å². The molecule has 0 amide bonds. The van der Waals surface area contributed by atoms with Crippen molar-refractivity contribution in [3.8, 4) is 0 Å². The first-order valence-corrected chi connectivity index (χ1v) is 32.8. The SMILES string of the molecule is CCCCCCCCCCCCN(CCCCCCCCCCCC)CCN(CCCCCCCCCC)CCN1CCN(CCN(CCCCCCCCCC)CCCCCCCCCC)CC1. The number of nitrogens with zero attached hydrogens (tertiary/aromatic N) is 5.